The molecule has 3 unspecified atom stereocenters. The summed E-state index contributed by atoms with van der Waals surface area (Å²) < 4.78 is 6.59. The predicted octanol–water partition coefficient (Wildman–Crippen LogP) is 3.73. The van der Waals surface area contributed by atoms with Crippen LogP contribution >= 0.6 is 15.9 Å². The number of rotatable bonds is 3. The fraction of sp³-hybridized carbons (Fsp3) is 0.500. The molecule has 0 bridgehead atoms. The Hall–Kier alpha value is -0.340. The first kappa shape index (κ1) is 10.2. The molecular formula is C12H15BrO. The summed E-state index contributed by atoms with van der Waals surface area (Å²) in [5.74, 6) is 0.586. The maximum absolute atomic E-state index is 5.43. The van der Waals surface area contributed by atoms with E-state index in [1.54, 1.807) is 0 Å². The van der Waals surface area contributed by atoms with E-state index in [2.05, 4.69) is 54.0 Å². The fourth-order valence-electron chi connectivity index (χ4n) is 1.78. The third-order valence-electron chi connectivity index (χ3n) is 2.84. The van der Waals surface area contributed by atoms with Crippen molar-refractivity contribution in [3.05, 3.63) is 34.3 Å². The molecule has 1 aromatic rings. The smallest absolute Gasteiger partial charge is 0.0844 e. The molecule has 1 aromatic carbocycles. The van der Waals surface area contributed by atoms with Crippen LogP contribution in [-0.2, 0) is 4.74 Å². The normalized spacial score (nSPS) is 27.4. The largest absolute Gasteiger partial charge is 0.370 e. The number of ether oxygens (including phenoxy) is 1. The van der Waals surface area contributed by atoms with Crippen molar-refractivity contribution in [2.75, 3.05) is 0 Å². The lowest BCUT2D eigenvalue weighted by Crippen LogP contribution is -1.99. The van der Waals surface area contributed by atoms with E-state index in [0.717, 1.165) is 10.9 Å². The van der Waals surface area contributed by atoms with Gasteiger partial charge in [0, 0.05) is 4.47 Å². The zero-order valence-electron chi connectivity index (χ0n) is 8.53. The van der Waals surface area contributed by atoms with Gasteiger partial charge in [-0.3, -0.25) is 0 Å². The summed E-state index contributed by atoms with van der Waals surface area (Å²) >= 11 is 3.49. The van der Waals surface area contributed by atoms with Gasteiger partial charge in [0.15, 0.2) is 0 Å². The summed E-state index contributed by atoms with van der Waals surface area (Å²) in [6.45, 7) is 4.40. The average Bonchev–Trinajstić information content (AvgIpc) is 2.81. The first-order valence-electron chi connectivity index (χ1n) is 5.07. The number of halogens is 1. The third kappa shape index (κ3) is 2.37. The standard InChI is InChI=1S/C12H15BrO/c1-8(6-12-9(2)14-12)10-4-3-5-11(13)7-10/h3-5,7-9,12H,6H2,1-2H3. The monoisotopic (exact) mass is 254 g/mol. The average molecular weight is 255 g/mol. The quantitative estimate of drug-likeness (QED) is 0.750. The topological polar surface area (TPSA) is 12.5 Å². The Bertz CT molecular complexity index is 324. The summed E-state index contributed by atoms with van der Waals surface area (Å²) in [4.78, 5) is 0. The highest BCUT2D eigenvalue weighted by atomic mass is 79.9. The van der Waals surface area contributed by atoms with Gasteiger partial charge in [0.05, 0.1) is 12.2 Å². The Morgan fingerprint density at radius 1 is 1.50 bits per heavy atom. The minimum Gasteiger partial charge on any atom is -0.370 e. The van der Waals surface area contributed by atoms with Gasteiger partial charge >= 0.3 is 0 Å². The van der Waals surface area contributed by atoms with Crippen molar-refractivity contribution in [2.45, 2.75) is 38.4 Å². The van der Waals surface area contributed by atoms with Crippen LogP contribution in [0.25, 0.3) is 0 Å². The van der Waals surface area contributed by atoms with Crippen molar-refractivity contribution >= 4 is 15.9 Å². The Labute approximate surface area is 93.6 Å². The second kappa shape index (κ2) is 4.03. The van der Waals surface area contributed by atoms with Crippen LogP contribution in [0.4, 0.5) is 0 Å². The van der Waals surface area contributed by atoms with Gasteiger partial charge < -0.3 is 4.74 Å². The maximum Gasteiger partial charge on any atom is 0.0844 e. The van der Waals surface area contributed by atoms with E-state index in [0.29, 0.717) is 18.1 Å². The van der Waals surface area contributed by atoms with Crippen LogP contribution in [0.3, 0.4) is 0 Å². The van der Waals surface area contributed by atoms with E-state index in [9.17, 15) is 0 Å². The first-order valence-corrected chi connectivity index (χ1v) is 5.87. The minimum atomic E-state index is 0.476. The number of hydrogen-bond donors (Lipinski definition) is 0. The van der Waals surface area contributed by atoms with Gasteiger partial charge in [0.25, 0.3) is 0 Å². The van der Waals surface area contributed by atoms with E-state index in [1.807, 2.05) is 0 Å². The molecule has 0 spiro atoms. The van der Waals surface area contributed by atoms with Gasteiger partial charge in [-0.15, -0.1) is 0 Å². The van der Waals surface area contributed by atoms with Crippen molar-refractivity contribution in [3.8, 4) is 0 Å². The van der Waals surface area contributed by atoms with Gasteiger partial charge in [-0.05, 0) is 37.0 Å². The second-order valence-electron chi connectivity index (χ2n) is 4.07. The Morgan fingerprint density at radius 3 is 2.79 bits per heavy atom. The highest BCUT2D eigenvalue weighted by Crippen LogP contribution is 2.32. The molecule has 0 amide bonds. The minimum absolute atomic E-state index is 0.476. The van der Waals surface area contributed by atoms with Gasteiger partial charge in [0.2, 0.25) is 0 Å². The molecule has 1 saturated heterocycles. The van der Waals surface area contributed by atoms with E-state index in [-0.39, 0.29) is 0 Å². The summed E-state index contributed by atoms with van der Waals surface area (Å²) in [6.07, 6.45) is 2.10. The fourth-order valence-corrected chi connectivity index (χ4v) is 2.19. The van der Waals surface area contributed by atoms with Crippen LogP contribution in [0.1, 0.15) is 31.7 Å². The Balaban J connectivity index is 2.00. The summed E-state index contributed by atoms with van der Waals surface area (Å²) in [6, 6.07) is 8.53. The first-order chi connectivity index (χ1) is 6.66. The van der Waals surface area contributed by atoms with Gasteiger partial charge in [-0.2, -0.15) is 0 Å². The highest BCUT2D eigenvalue weighted by molar-refractivity contribution is 9.10. The molecule has 1 heterocycles. The van der Waals surface area contributed by atoms with Crippen molar-refractivity contribution in [1.29, 1.82) is 0 Å². The van der Waals surface area contributed by atoms with Crippen LogP contribution < -0.4 is 0 Å². The molecular weight excluding hydrogens is 240 g/mol. The molecule has 0 aromatic heterocycles. The molecule has 0 N–H and O–H groups in total. The van der Waals surface area contributed by atoms with Crippen molar-refractivity contribution in [2.24, 2.45) is 0 Å². The molecule has 1 nitrogen and oxygen atoms in total. The molecule has 2 heteroatoms. The Morgan fingerprint density at radius 2 is 2.21 bits per heavy atom. The second-order valence-corrected chi connectivity index (χ2v) is 4.99. The van der Waals surface area contributed by atoms with E-state index >= 15 is 0 Å². The zero-order valence-corrected chi connectivity index (χ0v) is 10.1. The summed E-state index contributed by atoms with van der Waals surface area (Å²) in [5.41, 5.74) is 1.39. The van der Waals surface area contributed by atoms with Crippen LogP contribution in [0.5, 0.6) is 0 Å². The molecule has 0 saturated carbocycles. The third-order valence-corrected chi connectivity index (χ3v) is 3.33. The van der Waals surface area contributed by atoms with Crippen LogP contribution in [0.15, 0.2) is 28.7 Å². The molecule has 1 aliphatic rings. The highest BCUT2D eigenvalue weighted by Gasteiger charge is 2.35. The molecule has 14 heavy (non-hydrogen) atoms. The lowest BCUT2D eigenvalue weighted by atomic mass is 9.96. The predicted molar refractivity (Wildman–Crippen MR) is 61.5 cm³/mol. The van der Waals surface area contributed by atoms with Crippen molar-refractivity contribution < 1.29 is 4.74 Å². The summed E-state index contributed by atoms with van der Waals surface area (Å²) in [7, 11) is 0. The van der Waals surface area contributed by atoms with Crippen LogP contribution in [-0.4, -0.2) is 12.2 Å². The molecule has 2 rings (SSSR count). The number of epoxide rings is 1. The molecule has 1 fully saturated rings. The van der Waals surface area contributed by atoms with Crippen molar-refractivity contribution in [3.63, 3.8) is 0 Å². The lowest BCUT2D eigenvalue weighted by molar-refractivity contribution is 0.362. The van der Waals surface area contributed by atoms with E-state index < -0.39 is 0 Å². The Kier molecular flexibility index (Phi) is 2.93. The number of hydrogen-bond acceptors (Lipinski definition) is 1. The zero-order chi connectivity index (χ0) is 10.1. The van der Waals surface area contributed by atoms with Gasteiger partial charge in [-0.25, -0.2) is 0 Å². The van der Waals surface area contributed by atoms with E-state index in [4.69, 9.17) is 4.74 Å². The van der Waals surface area contributed by atoms with E-state index in [1.165, 1.54) is 5.56 Å². The van der Waals surface area contributed by atoms with Gasteiger partial charge in [-0.1, -0.05) is 35.0 Å². The molecule has 0 radical (unpaired) electrons. The lowest BCUT2D eigenvalue weighted by Gasteiger charge is -2.10. The maximum atomic E-state index is 5.43. The van der Waals surface area contributed by atoms with Crippen LogP contribution in [0.2, 0.25) is 0 Å². The van der Waals surface area contributed by atoms with Crippen molar-refractivity contribution in [1.82, 2.24) is 0 Å². The molecule has 76 valence electrons. The number of benzene rings is 1. The van der Waals surface area contributed by atoms with Crippen LogP contribution in [0, 0.1) is 0 Å². The SMILES string of the molecule is CC(CC1OC1C)c1cccc(Br)c1. The molecule has 1 aliphatic heterocycles. The van der Waals surface area contributed by atoms with Gasteiger partial charge in [0.1, 0.15) is 0 Å². The molecule has 0 aliphatic carbocycles. The summed E-state index contributed by atoms with van der Waals surface area (Å²) in [5, 5.41) is 0. The molecule has 3 atom stereocenters.